The molecule has 196 valence electrons. The molecule has 2 atom stereocenters. The first kappa shape index (κ1) is 25.6. The Balaban J connectivity index is 1.69. The van der Waals surface area contributed by atoms with Crippen molar-refractivity contribution in [2.45, 2.75) is 51.5 Å². The molecule has 0 aromatic heterocycles. The third-order valence-corrected chi connectivity index (χ3v) is 7.32. The molecule has 1 heterocycles. The van der Waals surface area contributed by atoms with E-state index in [1.54, 1.807) is 12.0 Å². The van der Waals surface area contributed by atoms with Gasteiger partial charge in [-0.2, -0.15) is 0 Å². The highest BCUT2D eigenvalue weighted by atomic mass is 16.5. The molecular formula is C32H34N2O4. The molecule has 0 spiro atoms. The van der Waals surface area contributed by atoms with Crippen LogP contribution in [0.1, 0.15) is 62.6 Å². The Kier molecular flexibility index (Phi) is 7.50. The summed E-state index contributed by atoms with van der Waals surface area (Å²) in [6.07, 6.45) is 2.20. The Labute approximate surface area is 224 Å². The quantitative estimate of drug-likeness (QED) is 0.379. The van der Waals surface area contributed by atoms with Crippen LogP contribution in [-0.2, 0) is 9.59 Å². The van der Waals surface area contributed by atoms with Gasteiger partial charge >= 0.3 is 0 Å². The lowest BCUT2D eigenvalue weighted by molar-refractivity contribution is -0.119. The van der Waals surface area contributed by atoms with Crippen molar-refractivity contribution in [2.24, 2.45) is 0 Å². The van der Waals surface area contributed by atoms with Crippen LogP contribution >= 0.6 is 0 Å². The van der Waals surface area contributed by atoms with Gasteiger partial charge in [-0.3, -0.25) is 14.5 Å². The molecule has 1 aliphatic heterocycles. The number of hydrogen-bond donors (Lipinski definition) is 1. The molecule has 6 heteroatoms. The number of methoxy groups -OCH3 is 1. The SMILES string of the molecule is CCCOc1ccccc1[C@H]1C2=C(C[C@@H](c3ccc(OC)cc3)CC2=O)Nc2ccccc2N1C(=O)CC. The normalized spacial score (nSPS) is 18.7. The van der Waals surface area contributed by atoms with Crippen molar-refractivity contribution < 1.29 is 19.1 Å². The van der Waals surface area contributed by atoms with Crippen LogP contribution in [0.2, 0.25) is 0 Å². The van der Waals surface area contributed by atoms with Crippen LogP contribution in [0.4, 0.5) is 11.4 Å². The summed E-state index contributed by atoms with van der Waals surface area (Å²) in [7, 11) is 1.65. The van der Waals surface area contributed by atoms with E-state index in [9.17, 15) is 9.59 Å². The number of Topliss-reactive ketones (excluding diaryl/α,β-unsaturated/α-hetero) is 1. The maximum Gasteiger partial charge on any atom is 0.227 e. The number of nitrogens with one attached hydrogen (secondary N) is 1. The highest BCUT2D eigenvalue weighted by Crippen LogP contribution is 2.49. The Morgan fingerprint density at radius 2 is 1.71 bits per heavy atom. The van der Waals surface area contributed by atoms with Gasteiger partial charge in [0.1, 0.15) is 11.5 Å². The second-order valence-corrected chi connectivity index (χ2v) is 9.74. The molecule has 1 N–H and O–H groups in total. The number of fused-ring (bicyclic) bond motifs is 1. The van der Waals surface area contributed by atoms with Crippen molar-refractivity contribution in [3.63, 3.8) is 0 Å². The van der Waals surface area contributed by atoms with Gasteiger partial charge in [0.25, 0.3) is 0 Å². The summed E-state index contributed by atoms with van der Waals surface area (Å²) in [6.45, 7) is 4.48. The lowest BCUT2D eigenvalue weighted by atomic mass is 9.78. The first-order valence-corrected chi connectivity index (χ1v) is 13.4. The average Bonchev–Trinajstić information content (AvgIpc) is 3.10. The number of para-hydroxylation sites is 3. The summed E-state index contributed by atoms with van der Waals surface area (Å²) in [5.74, 6) is 1.50. The van der Waals surface area contributed by atoms with Crippen LogP contribution in [0.3, 0.4) is 0 Å². The molecule has 0 radical (unpaired) electrons. The molecular weight excluding hydrogens is 476 g/mol. The van der Waals surface area contributed by atoms with Gasteiger partial charge in [-0.1, -0.05) is 56.3 Å². The molecule has 0 saturated carbocycles. The second-order valence-electron chi connectivity index (χ2n) is 9.74. The van der Waals surface area contributed by atoms with Crippen LogP contribution in [0.25, 0.3) is 0 Å². The summed E-state index contributed by atoms with van der Waals surface area (Å²) >= 11 is 0. The van der Waals surface area contributed by atoms with Crippen molar-refractivity contribution in [1.29, 1.82) is 0 Å². The van der Waals surface area contributed by atoms with Crippen LogP contribution in [0, 0.1) is 0 Å². The lowest BCUT2D eigenvalue weighted by Gasteiger charge is -2.35. The Morgan fingerprint density at radius 3 is 2.45 bits per heavy atom. The Morgan fingerprint density at radius 1 is 0.974 bits per heavy atom. The maximum atomic E-state index is 14.1. The molecule has 38 heavy (non-hydrogen) atoms. The average molecular weight is 511 g/mol. The van der Waals surface area contributed by atoms with E-state index in [0.717, 1.165) is 40.4 Å². The number of anilines is 2. The molecule has 1 amide bonds. The van der Waals surface area contributed by atoms with Crippen LogP contribution in [0.15, 0.2) is 84.1 Å². The van der Waals surface area contributed by atoms with Gasteiger partial charge in [0.05, 0.1) is 31.1 Å². The first-order chi connectivity index (χ1) is 18.5. The molecule has 6 nitrogen and oxygen atoms in total. The molecule has 0 bridgehead atoms. The number of rotatable bonds is 7. The van der Waals surface area contributed by atoms with Crippen molar-refractivity contribution in [1.82, 2.24) is 0 Å². The monoisotopic (exact) mass is 510 g/mol. The minimum Gasteiger partial charge on any atom is -0.497 e. The third kappa shape index (κ3) is 4.78. The van der Waals surface area contributed by atoms with Gasteiger partial charge < -0.3 is 14.8 Å². The largest absolute Gasteiger partial charge is 0.497 e. The predicted octanol–water partition coefficient (Wildman–Crippen LogP) is 6.79. The summed E-state index contributed by atoms with van der Waals surface area (Å²) in [5.41, 5.74) is 4.99. The maximum absolute atomic E-state index is 14.1. The van der Waals surface area contributed by atoms with E-state index in [0.29, 0.717) is 37.2 Å². The van der Waals surface area contributed by atoms with E-state index in [1.165, 1.54) is 0 Å². The number of carbonyl (C=O) groups is 2. The standard InChI is InChI=1S/C32H34N2O4/c1-4-18-38-29-13-9-6-10-24(29)32-31-26(33-25-11-7-8-12-27(25)34(32)30(36)5-2)19-22(20-28(31)35)21-14-16-23(37-3)17-15-21/h6-17,22,32-33H,4-5,18-20H2,1-3H3/t22-,32+/m1/s1. The van der Waals surface area contributed by atoms with E-state index in [1.807, 2.05) is 79.7 Å². The van der Waals surface area contributed by atoms with Crippen LogP contribution in [0.5, 0.6) is 11.5 Å². The smallest absolute Gasteiger partial charge is 0.227 e. The summed E-state index contributed by atoms with van der Waals surface area (Å²) in [4.78, 5) is 29.5. The number of amides is 1. The van der Waals surface area contributed by atoms with E-state index in [2.05, 4.69) is 12.2 Å². The van der Waals surface area contributed by atoms with E-state index in [-0.39, 0.29) is 17.6 Å². The minimum absolute atomic E-state index is 0.0208. The highest BCUT2D eigenvalue weighted by molar-refractivity contribution is 6.06. The van der Waals surface area contributed by atoms with Gasteiger partial charge in [0.15, 0.2) is 5.78 Å². The lowest BCUT2D eigenvalue weighted by Crippen LogP contribution is -2.38. The Bertz CT molecular complexity index is 1360. The Hall–Kier alpha value is -4.06. The number of carbonyl (C=O) groups excluding carboxylic acids is 2. The van der Waals surface area contributed by atoms with E-state index >= 15 is 0 Å². The van der Waals surface area contributed by atoms with E-state index < -0.39 is 6.04 Å². The molecule has 3 aromatic rings. The first-order valence-electron chi connectivity index (χ1n) is 13.4. The number of ketones is 1. The summed E-state index contributed by atoms with van der Waals surface area (Å²) in [5, 5.41) is 3.58. The molecule has 0 unspecified atom stereocenters. The van der Waals surface area contributed by atoms with Crippen molar-refractivity contribution in [3.8, 4) is 11.5 Å². The second kappa shape index (κ2) is 11.1. The van der Waals surface area contributed by atoms with Crippen LogP contribution < -0.4 is 19.7 Å². The number of allylic oxidation sites excluding steroid dienone is 1. The van der Waals surface area contributed by atoms with Gasteiger partial charge in [-0.15, -0.1) is 0 Å². The molecule has 2 aliphatic rings. The molecule has 3 aromatic carbocycles. The molecule has 5 rings (SSSR count). The van der Waals surface area contributed by atoms with Crippen molar-refractivity contribution >= 4 is 23.1 Å². The topological polar surface area (TPSA) is 67.9 Å². The predicted molar refractivity (Wildman–Crippen MR) is 150 cm³/mol. The van der Waals surface area contributed by atoms with Gasteiger partial charge in [-0.25, -0.2) is 0 Å². The molecule has 0 saturated heterocycles. The zero-order valence-corrected chi connectivity index (χ0v) is 22.2. The zero-order chi connectivity index (χ0) is 26.6. The highest BCUT2D eigenvalue weighted by Gasteiger charge is 2.42. The third-order valence-electron chi connectivity index (χ3n) is 7.32. The fourth-order valence-corrected chi connectivity index (χ4v) is 5.49. The fourth-order valence-electron chi connectivity index (χ4n) is 5.49. The van der Waals surface area contributed by atoms with Crippen molar-refractivity contribution in [2.75, 3.05) is 23.9 Å². The van der Waals surface area contributed by atoms with Crippen molar-refractivity contribution in [3.05, 3.63) is 95.2 Å². The number of benzene rings is 3. The van der Waals surface area contributed by atoms with Gasteiger partial charge in [-0.05, 0) is 54.7 Å². The summed E-state index contributed by atoms with van der Waals surface area (Å²) < 4.78 is 11.5. The van der Waals surface area contributed by atoms with Gasteiger partial charge in [0, 0.05) is 29.7 Å². The van der Waals surface area contributed by atoms with E-state index in [4.69, 9.17) is 9.47 Å². The van der Waals surface area contributed by atoms with Crippen LogP contribution in [-0.4, -0.2) is 25.4 Å². The fraction of sp³-hybridized carbons (Fsp3) is 0.312. The number of nitrogens with zero attached hydrogens (tertiary/aromatic N) is 1. The minimum atomic E-state index is -0.592. The molecule has 0 fully saturated rings. The zero-order valence-electron chi connectivity index (χ0n) is 22.2. The van der Waals surface area contributed by atoms with Gasteiger partial charge in [0.2, 0.25) is 5.91 Å². The molecule has 1 aliphatic carbocycles. The summed E-state index contributed by atoms with van der Waals surface area (Å²) in [6, 6.07) is 22.9. The number of ether oxygens (including phenoxy) is 2. The number of hydrogen-bond acceptors (Lipinski definition) is 5.